The van der Waals surface area contributed by atoms with Crippen molar-refractivity contribution in [2.75, 3.05) is 13.2 Å². The first-order valence-electron chi connectivity index (χ1n) is 15.6. The average molecular weight is 497 g/mol. The first-order valence-corrected chi connectivity index (χ1v) is 15.6. The van der Waals surface area contributed by atoms with E-state index in [1.807, 2.05) is 0 Å². The molecule has 0 bridgehead atoms. The van der Waals surface area contributed by atoms with Crippen LogP contribution in [0, 0.1) is 0 Å². The Kier molecular flexibility index (Phi) is 18.1. The molecule has 2 aromatic carbocycles. The normalized spacial score (nSPS) is 11.3. The van der Waals surface area contributed by atoms with E-state index in [4.69, 9.17) is 9.47 Å². The van der Waals surface area contributed by atoms with Crippen LogP contribution in [0.1, 0.15) is 142 Å². The first-order chi connectivity index (χ1) is 17.9. The summed E-state index contributed by atoms with van der Waals surface area (Å²) in [4.78, 5) is 0. The molecule has 204 valence electrons. The van der Waals surface area contributed by atoms with Gasteiger partial charge in [0, 0.05) is 10.8 Å². The van der Waals surface area contributed by atoms with Crippen molar-refractivity contribution < 1.29 is 9.47 Å². The lowest BCUT2D eigenvalue weighted by Gasteiger charge is -2.13. The highest BCUT2D eigenvalue weighted by atomic mass is 16.5. The fourth-order valence-electron chi connectivity index (χ4n) is 5.05. The van der Waals surface area contributed by atoms with Crippen LogP contribution in [0.4, 0.5) is 0 Å². The average Bonchev–Trinajstić information content (AvgIpc) is 2.90. The molecule has 2 heteroatoms. The largest absolute Gasteiger partial charge is 0.493 e. The number of fused-ring (bicyclic) bond motifs is 1. The van der Waals surface area contributed by atoms with E-state index in [0.29, 0.717) is 0 Å². The van der Waals surface area contributed by atoms with Gasteiger partial charge in [-0.3, -0.25) is 0 Å². The molecular formula is C34H56O2. The summed E-state index contributed by atoms with van der Waals surface area (Å²) in [5.41, 5.74) is 0. The standard InChI is InChI=1S/C34H56O2/c1-3-5-7-9-11-13-15-17-19-21-29-35-33-27-23-26-32-31(33)25-24-28-34(32)36-30-22-20-18-16-14-12-10-8-6-4-2/h23-28H,3-22,29-30H2,1-2H3. The number of unbranched alkanes of at least 4 members (excludes halogenated alkanes) is 18. The Labute approximate surface area is 223 Å². The predicted octanol–water partition coefficient (Wildman–Crippen LogP) is 11.4. The van der Waals surface area contributed by atoms with E-state index < -0.39 is 0 Å². The van der Waals surface area contributed by atoms with Crippen LogP contribution in [-0.2, 0) is 0 Å². The Morgan fingerprint density at radius 2 is 0.694 bits per heavy atom. The van der Waals surface area contributed by atoms with E-state index in [2.05, 4.69) is 50.2 Å². The van der Waals surface area contributed by atoms with Gasteiger partial charge in [0.1, 0.15) is 11.5 Å². The summed E-state index contributed by atoms with van der Waals surface area (Å²) in [7, 11) is 0. The van der Waals surface area contributed by atoms with Crippen molar-refractivity contribution in [2.24, 2.45) is 0 Å². The topological polar surface area (TPSA) is 18.5 Å². The molecule has 0 aliphatic rings. The van der Waals surface area contributed by atoms with Crippen molar-refractivity contribution >= 4 is 10.8 Å². The van der Waals surface area contributed by atoms with Crippen molar-refractivity contribution in [1.82, 2.24) is 0 Å². The second-order valence-electron chi connectivity index (χ2n) is 10.7. The van der Waals surface area contributed by atoms with Crippen molar-refractivity contribution in [3.8, 4) is 11.5 Å². The summed E-state index contributed by atoms with van der Waals surface area (Å²) < 4.78 is 12.4. The Bertz CT molecular complexity index is 704. The molecule has 0 aliphatic heterocycles. The minimum atomic E-state index is 0.805. The Morgan fingerprint density at radius 3 is 1.03 bits per heavy atom. The Hall–Kier alpha value is -1.70. The van der Waals surface area contributed by atoms with Gasteiger partial charge in [0.05, 0.1) is 13.2 Å². The summed E-state index contributed by atoms with van der Waals surface area (Å²) in [6.45, 7) is 6.18. The molecule has 2 rings (SSSR count). The highest BCUT2D eigenvalue weighted by Gasteiger charge is 2.07. The molecule has 0 heterocycles. The molecule has 2 nitrogen and oxygen atoms in total. The lowest BCUT2D eigenvalue weighted by molar-refractivity contribution is 0.304. The maximum Gasteiger partial charge on any atom is 0.127 e. The number of ether oxygens (including phenoxy) is 2. The van der Waals surface area contributed by atoms with E-state index in [-0.39, 0.29) is 0 Å². The van der Waals surface area contributed by atoms with Crippen molar-refractivity contribution in [3.05, 3.63) is 36.4 Å². The molecule has 0 unspecified atom stereocenters. The van der Waals surface area contributed by atoms with Gasteiger partial charge in [0.15, 0.2) is 0 Å². The molecule has 0 atom stereocenters. The molecule has 0 N–H and O–H groups in total. The minimum Gasteiger partial charge on any atom is -0.493 e. The fraction of sp³-hybridized carbons (Fsp3) is 0.706. The second kappa shape index (κ2) is 21.4. The maximum absolute atomic E-state index is 6.20. The third kappa shape index (κ3) is 13.6. The third-order valence-electron chi connectivity index (χ3n) is 7.35. The Balaban J connectivity index is 1.60. The molecule has 0 aromatic heterocycles. The van der Waals surface area contributed by atoms with Crippen LogP contribution in [0.5, 0.6) is 11.5 Å². The number of rotatable bonds is 24. The van der Waals surface area contributed by atoms with Gasteiger partial charge < -0.3 is 9.47 Å². The maximum atomic E-state index is 6.20. The van der Waals surface area contributed by atoms with Gasteiger partial charge in [-0.25, -0.2) is 0 Å². The number of hydrogen-bond acceptors (Lipinski definition) is 2. The van der Waals surface area contributed by atoms with Crippen LogP contribution in [0.3, 0.4) is 0 Å². The molecule has 0 radical (unpaired) electrons. The zero-order chi connectivity index (χ0) is 25.5. The van der Waals surface area contributed by atoms with E-state index in [1.54, 1.807) is 0 Å². The van der Waals surface area contributed by atoms with Crippen molar-refractivity contribution in [2.45, 2.75) is 142 Å². The SMILES string of the molecule is CCCCCCCCCCCCOc1cccc2c(OCCCCCCCCCCCC)cccc12. The zero-order valence-corrected chi connectivity index (χ0v) is 23.8. The van der Waals surface area contributed by atoms with Gasteiger partial charge in [0.2, 0.25) is 0 Å². The molecule has 0 fully saturated rings. The van der Waals surface area contributed by atoms with Gasteiger partial charge in [-0.2, -0.15) is 0 Å². The van der Waals surface area contributed by atoms with Crippen molar-refractivity contribution in [1.29, 1.82) is 0 Å². The smallest absolute Gasteiger partial charge is 0.127 e. The highest BCUT2D eigenvalue weighted by Crippen LogP contribution is 2.32. The number of hydrogen-bond donors (Lipinski definition) is 0. The summed E-state index contributed by atoms with van der Waals surface area (Å²) in [6, 6.07) is 12.7. The lowest BCUT2D eigenvalue weighted by Crippen LogP contribution is -2.00. The summed E-state index contributed by atoms with van der Waals surface area (Å²) in [6.07, 6.45) is 27.0. The van der Waals surface area contributed by atoms with Gasteiger partial charge in [-0.15, -0.1) is 0 Å². The monoisotopic (exact) mass is 496 g/mol. The van der Waals surface area contributed by atoms with Gasteiger partial charge >= 0.3 is 0 Å². The lowest BCUT2D eigenvalue weighted by atomic mass is 10.1. The van der Waals surface area contributed by atoms with Crippen LogP contribution in [-0.4, -0.2) is 13.2 Å². The molecule has 0 aliphatic carbocycles. The van der Waals surface area contributed by atoms with Gasteiger partial charge in [-0.05, 0) is 25.0 Å². The summed E-state index contributed by atoms with van der Waals surface area (Å²) >= 11 is 0. The highest BCUT2D eigenvalue weighted by molar-refractivity contribution is 5.93. The summed E-state index contributed by atoms with van der Waals surface area (Å²) in [5.74, 6) is 1.99. The van der Waals surface area contributed by atoms with Crippen LogP contribution >= 0.6 is 0 Å². The zero-order valence-electron chi connectivity index (χ0n) is 23.8. The van der Waals surface area contributed by atoms with E-state index in [1.165, 1.54) is 126 Å². The summed E-state index contributed by atoms with van der Waals surface area (Å²) in [5, 5.41) is 2.34. The predicted molar refractivity (Wildman–Crippen MR) is 159 cm³/mol. The molecular weight excluding hydrogens is 440 g/mol. The van der Waals surface area contributed by atoms with Gasteiger partial charge in [0.25, 0.3) is 0 Å². The van der Waals surface area contributed by atoms with Crippen LogP contribution in [0.25, 0.3) is 10.8 Å². The van der Waals surface area contributed by atoms with E-state index in [0.717, 1.165) is 37.6 Å². The van der Waals surface area contributed by atoms with Crippen molar-refractivity contribution in [3.63, 3.8) is 0 Å². The molecule has 0 spiro atoms. The fourth-order valence-corrected chi connectivity index (χ4v) is 5.05. The molecule has 0 saturated heterocycles. The molecule has 36 heavy (non-hydrogen) atoms. The van der Waals surface area contributed by atoms with Crippen LogP contribution in [0.2, 0.25) is 0 Å². The molecule has 0 amide bonds. The van der Waals surface area contributed by atoms with Crippen LogP contribution < -0.4 is 9.47 Å². The molecule has 0 saturated carbocycles. The quantitative estimate of drug-likeness (QED) is 0.134. The van der Waals surface area contributed by atoms with Gasteiger partial charge in [-0.1, -0.05) is 154 Å². The minimum absolute atomic E-state index is 0.805. The van der Waals surface area contributed by atoms with E-state index in [9.17, 15) is 0 Å². The van der Waals surface area contributed by atoms with Crippen LogP contribution in [0.15, 0.2) is 36.4 Å². The van der Waals surface area contributed by atoms with E-state index >= 15 is 0 Å². The Morgan fingerprint density at radius 1 is 0.389 bits per heavy atom. The first kappa shape index (κ1) is 30.5. The molecule has 2 aromatic rings. The second-order valence-corrected chi connectivity index (χ2v) is 10.7. The number of benzene rings is 2. The third-order valence-corrected chi connectivity index (χ3v) is 7.35.